The third kappa shape index (κ3) is 2.09. The van der Waals surface area contributed by atoms with Crippen molar-refractivity contribution in [2.45, 2.75) is 0 Å². The molecule has 4 rings (SSSR count). The standard InChI is InChI=1S/C15H9N3OS2/c19-9-18(14-16-10-5-1-3-7-12(10)20-14)15-17-11-6-2-4-8-13(11)21-15/h1-9H. The summed E-state index contributed by atoms with van der Waals surface area (Å²) in [6.07, 6.45) is 0.773. The third-order valence-corrected chi connectivity index (χ3v) is 5.15. The first-order valence-corrected chi connectivity index (χ1v) is 7.94. The van der Waals surface area contributed by atoms with Crippen LogP contribution in [0, 0.1) is 0 Å². The molecule has 21 heavy (non-hydrogen) atoms. The lowest BCUT2D eigenvalue weighted by Crippen LogP contribution is -2.13. The maximum atomic E-state index is 11.5. The van der Waals surface area contributed by atoms with Gasteiger partial charge in [-0.2, -0.15) is 0 Å². The monoisotopic (exact) mass is 311 g/mol. The highest BCUT2D eigenvalue weighted by molar-refractivity contribution is 7.24. The van der Waals surface area contributed by atoms with Crippen molar-refractivity contribution in [3.63, 3.8) is 0 Å². The molecule has 4 nitrogen and oxygen atoms in total. The Balaban J connectivity index is 1.84. The van der Waals surface area contributed by atoms with E-state index in [1.54, 1.807) is 0 Å². The van der Waals surface area contributed by atoms with Gasteiger partial charge in [-0.3, -0.25) is 4.79 Å². The van der Waals surface area contributed by atoms with Crippen LogP contribution < -0.4 is 4.90 Å². The van der Waals surface area contributed by atoms with Crippen LogP contribution >= 0.6 is 22.7 Å². The van der Waals surface area contributed by atoms with Gasteiger partial charge in [0, 0.05) is 0 Å². The molecular formula is C15H9N3OS2. The smallest absolute Gasteiger partial charge is 0.222 e. The van der Waals surface area contributed by atoms with E-state index in [-0.39, 0.29) is 0 Å². The molecule has 6 heteroatoms. The van der Waals surface area contributed by atoms with E-state index in [2.05, 4.69) is 9.97 Å². The molecular weight excluding hydrogens is 302 g/mol. The van der Waals surface area contributed by atoms with Crippen molar-refractivity contribution in [3.05, 3.63) is 48.5 Å². The Labute approximate surface area is 128 Å². The summed E-state index contributed by atoms with van der Waals surface area (Å²) >= 11 is 2.97. The van der Waals surface area contributed by atoms with Gasteiger partial charge in [-0.05, 0) is 24.3 Å². The summed E-state index contributed by atoms with van der Waals surface area (Å²) in [5, 5.41) is 1.29. The first kappa shape index (κ1) is 12.4. The van der Waals surface area contributed by atoms with Crippen molar-refractivity contribution < 1.29 is 4.79 Å². The topological polar surface area (TPSA) is 46.1 Å². The molecule has 102 valence electrons. The van der Waals surface area contributed by atoms with Gasteiger partial charge < -0.3 is 0 Å². The summed E-state index contributed by atoms with van der Waals surface area (Å²) in [5.41, 5.74) is 1.79. The number of rotatable bonds is 3. The number of aromatic nitrogens is 2. The van der Waals surface area contributed by atoms with E-state index >= 15 is 0 Å². The highest BCUT2D eigenvalue weighted by atomic mass is 32.1. The van der Waals surface area contributed by atoms with Gasteiger partial charge in [0.25, 0.3) is 0 Å². The van der Waals surface area contributed by atoms with Crippen LogP contribution in [0.25, 0.3) is 20.4 Å². The van der Waals surface area contributed by atoms with Crippen LogP contribution in [0.5, 0.6) is 0 Å². The average molecular weight is 311 g/mol. The van der Waals surface area contributed by atoms with E-state index in [9.17, 15) is 4.79 Å². The fourth-order valence-corrected chi connectivity index (χ4v) is 4.02. The van der Waals surface area contributed by atoms with Crippen molar-refractivity contribution in [3.8, 4) is 0 Å². The summed E-state index contributed by atoms with van der Waals surface area (Å²) < 4.78 is 2.11. The maximum absolute atomic E-state index is 11.5. The molecule has 0 saturated heterocycles. The van der Waals surface area contributed by atoms with Crippen molar-refractivity contribution in [1.29, 1.82) is 0 Å². The zero-order chi connectivity index (χ0) is 14.2. The number of carbonyl (C=O) groups excluding carboxylic acids is 1. The van der Waals surface area contributed by atoms with E-state index in [0.717, 1.165) is 26.8 Å². The third-order valence-electron chi connectivity index (χ3n) is 3.08. The van der Waals surface area contributed by atoms with Crippen LogP contribution in [-0.2, 0) is 4.79 Å². The minimum atomic E-state index is 0.644. The highest BCUT2D eigenvalue weighted by Gasteiger charge is 2.17. The SMILES string of the molecule is O=CN(c1nc2ccccc2s1)c1nc2ccccc2s1. The lowest BCUT2D eigenvalue weighted by atomic mass is 10.3. The van der Waals surface area contributed by atoms with Crippen LogP contribution in [0.15, 0.2) is 48.5 Å². The van der Waals surface area contributed by atoms with Crippen LogP contribution in [0.1, 0.15) is 0 Å². The first-order valence-electron chi connectivity index (χ1n) is 6.31. The number of benzene rings is 2. The minimum absolute atomic E-state index is 0.644. The number of hydrogen-bond acceptors (Lipinski definition) is 5. The number of amides is 1. The number of thiazole rings is 2. The molecule has 4 aromatic rings. The predicted molar refractivity (Wildman–Crippen MR) is 87.4 cm³/mol. The summed E-state index contributed by atoms with van der Waals surface area (Å²) in [5.74, 6) is 0. The van der Waals surface area contributed by atoms with Gasteiger partial charge in [-0.25, -0.2) is 14.9 Å². The number of anilines is 2. The Hall–Kier alpha value is -2.31. The lowest BCUT2D eigenvalue weighted by molar-refractivity contribution is -0.106. The van der Waals surface area contributed by atoms with E-state index < -0.39 is 0 Å². The Morgan fingerprint density at radius 1 is 0.810 bits per heavy atom. The van der Waals surface area contributed by atoms with Gasteiger partial charge in [0.15, 0.2) is 10.3 Å². The van der Waals surface area contributed by atoms with Gasteiger partial charge in [-0.1, -0.05) is 46.9 Å². The van der Waals surface area contributed by atoms with Crippen molar-refractivity contribution in [2.24, 2.45) is 0 Å². The second-order valence-electron chi connectivity index (χ2n) is 4.40. The maximum Gasteiger partial charge on any atom is 0.222 e. The molecule has 0 bridgehead atoms. The molecule has 0 aliphatic heterocycles. The summed E-state index contributed by atoms with van der Waals surface area (Å²) in [6.45, 7) is 0. The molecule has 0 saturated carbocycles. The second kappa shape index (κ2) is 4.91. The van der Waals surface area contributed by atoms with Crippen molar-refractivity contribution in [1.82, 2.24) is 9.97 Å². The summed E-state index contributed by atoms with van der Waals surface area (Å²) in [6, 6.07) is 15.7. The molecule has 2 aromatic carbocycles. The van der Waals surface area contributed by atoms with Crippen LogP contribution in [0.4, 0.5) is 10.3 Å². The molecule has 0 spiro atoms. The average Bonchev–Trinajstić information content (AvgIpc) is 3.11. The van der Waals surface area contributed by atoms with Crippen molar-refractivity contribution in [2.75, 3.05) is 4.90 Å². The first-order chi connectivity index (χ1) is 10.3. The Bertz CT molecular complexity index is 804. The molecule has 0 aliphatic carbocycles. The minimum Gasteiger partial charge on any atom is -0.278 e. The van der Waals surface area contributed by atoms with Gasteiger partial charge in [0.2, 0.25) is 6.41 Å². The van der Waals surface area contributed by atoms with Crippen LogP contribution in [0.3, 0.4) is 0 Å². The fraction of sp³-hybridized carbons (Fsp3) is 0. The molecule has 0 N–H and O–H groups in total. The van der Waals surface area contributed by atoms with Gasteiger partial charge >= 0.3 is 0 Å². The Kier molecular flexibility index (Phi) is 2.90. The summed E-state index contributed by atoms with van der Waals surface area (Å²) in [7, 11) is 0. The second-order valence-corrected chi connectivity index (χ2v) is 6.42. The molecule has 0 fully saturated rings. The van der Waals surface area contributed by atoms with Crippen molar-refractivity contribution >= 4 is 59.8 Å². The zero-order valence-electron chi connectivity index (χ0n) is 10.8. The number of hydrogen-bond donors (Lipinski definition) is 0. The largest absolute Gasteiger partial charge is 0.278 e. The molecule has 0 unspecified atom stereocenters. The number of nitrogens with zero attached hydrogens (tertiary/aromatic N) is 3. The van der Waals surface area contributed by atoms with Gasteiger partial charge in [-0.15, -0.1) is 0 Å². The quantitative estimate of drug-likeness (QED) is 0.533. The van der Waals surface area contributed by atoms with E-state index in [1.165, 1.54) is 27.6 Å². The van der Waals surface area contributed by atoms with Gasteiger partial charge in [0.1, 0.15) is 0 Å². The fourth-order valence-electron chi connectivity index (χ4n) is 2.10. The number of fused-ring (bicyclic) bond motifs is 2. The van der Waals surface area contributed by atoms with E-state index in [4.69, 9.17) is 0 Å². The molecule has 2 heterocycles. The number of para-hydroxylation sites is 2. The molecule has 0 aliphatic rings. The number of carbonyl (C=O) groups is 1. The molecule has 2 aromatic heterocycles. The lowest BCUT2D eigenvalue weighted by Gasteiger charge is -2.08. The van der Waals surface area contributed by atoms with Gasteiger partial charge in [0.05, 0.1) is 20.4 Å². The molecule has 0 atom stereocenters. The van der Waals surface area contributed by atoms with E-state index in [0.29, 0.717) is 10.3 Å². The predicted octanol–water partition coefficient (Wildman–Crippen LogP) is 4.20. The van der Waals surface area contributed by atoms with E-state index in [1.807, 2.05) is 48.5 Å². The normalized spacial score (nSPS) is 11.0. The summed E-state index contributed by atoms with van der Waals surface area (Å²) in [4.78, 5) is 22.0. The highest BCUT2D eigenvalue weighted by Crippen LogP contribution is 2.36. The Morgan fingerprint density at radius 3 is 1.71 bits per heavy atom. The van der Waals surface area contributed by atoms with Crippen LogP contribution in [-0.4, -0.2) is 16.4 Å². The Morgan fingerprint density at radius 2 is 1.29 bits per heavy atom. The molecule has 1 amide bonds. The van der Waals surface area contributed by atoms with Crippen LogP contribution in [0.2, 0.25) is 0 Å². The molecule has 0 radical (unpaired) electrons. The zero-order valence-corrected chi connectivity index (χ0v) is 12.4.